The molecule has 1 saturated carbocycles. The van der Waals surface area contributed by atoms with Gasteiger partial charge in [0.25, 0.3) is 0 Å². The average Bonchev–Trinajstić information content (AvgIpc) is 3.34. The molecule has 1 aromatic heterocycles. The van der Waals surface area contributed by atoms with Gasteiger partial charge in [-0.25, -0.2) is 22.8 Å². The van der Waals surface area contributed by atoms with Crippen LogP contribution < -0.4 is 0 Å². The molecule has 0 unspecified atom stereocenters. The fourth-order valence-corrected chi connectivity index (χ4v) is 8.30. The van der Waals surface area contributed by atoms with Crippen LogP contribution in [0.1, 0.15) is 96.3 Å². The van der Waals surface area contributed by atoms with E-state index < -0.39 is 27.9 Å². The third kappa shape index (κ3) is 5.81. The topological polar surface area (TPSA) is 132 Å². The quantitative estimate of drug-likeness (QED) is 0.339. The molecular formula is C29H38N2O8S. The number of hydrogen-bond donors (Lipinski definition) is 1. The molecule has 10 nitrogen and oxygen atoms in total. The maximum Gasteiger partial charge on any atom is 0.355 e. The highest BCUT2D eigenvalue weighted by molar-refractivity contribution is 7.89. The summed E-state index contributed by atoms with van der Waals surface area (Å²) in [5.74, 6) is -2.09. The van der Waals surface area contributed by atoms with Crippen molar-refractivity contribution < 1.29 is 37.0 Å². The SMILES string of the molecule is CCOC(=O)c1[nH]c(COC(=O)c2cccc(S(=O)(=O)N3C[C@@]4(C)C[C@H]3CC(C)(C)C4)c2)c(C(=O)OCC)c1C. The standard InChI is InChI=1S/C29H38N2O8S/c1-7-37-26(33)23-18(3)24(27(34)38-8-2)30-22(23)15-39-25(32)19-10-9-11-21(12-19)40(35,36)31-17-29(6)14-20(31)13-28(4,5)16-29/h9-12,20,30H,7-8,13-17H2,1-6H3/t20-,29+/m1/s1. The second kappa shape index (κ2) is 11.0. The fourth-order valence-electron chi connectivity index (χ4n) is 6.48. The van der Waals surface area contributed by atoms with E-state index in [-0.39, 0.29) is 64.1 Å². The molecule has 2 aromatic rings. The number of aromatic amines is 1. The van der Waals surface area contributed by atoms with Gasteiger partial charge in [0.05, 0.1) is 34.9 Å². The summed E-state index contributed by atoms with van der Waals surface area (Å²) in [4.78, 5) is 40.9. The first-order valence-corrected chi connectivity index (χ1v) is 15.0. The lowest BCUT2D eigenvalue weighted by Gasteiger charge is -2.39. The van der Waals surface area contributed by atoms with Crippen molar-refractivity contribution in [3.05, 3.63) is 52.3 Å². The Balaban J connectivity index is 1.55. The van der Waals surface area contributed by atoms with Crippen LogP contribution in [0.4, 0.5) is 0 Å². The molecule has 1 aliphatic heterocycles. The van der Waals surface area contributed by atoms with Gasteiger partial charge in [-0.3, -0.25) is 0 Å². The van der Waals surface area contributed by atoms with Gasteiger partial charge in [-0.05, 0) is 74.6 Å². The van der Waals surface area contributed by atoms with Crippen LogP contribution in [0.15, 0.2) is 29.2 Å². The lowest BCUT2D eigenvalue weighted by Crippen LogP contribution is -2.37. The van der Waals surface area contributed by atoms with Crippen LogP contribution in [0, 0.1) is 17.8 Å². The Morgan fingerprint density at radius 3 is 2.35 bits per heavy atom. The number of ether oxygens (including phenoxy) is 3. The third-order valence-electron chi connectivity index (χ3n) is 7.68. The molecule has 2 bridgehead atoms. The second-order valence-electron chi connectivity index (χ2n) is 11.8. The summed E-state index contributed by atoms with van der Waals surface area (Å²) in [6.45, 7) is 11.7. The Hall–Kier alpha value is -3.18. The van der Waals surface area contributed by atoms with Gasteiger partial charge in [-0.1, -0.05) is 26.8 Å². The molecule has 2 heterocycles. The monoisotopic (exact) mass is 574 g/mol. The van der Waals surface area contributed by atoms with Crippen LogP contribution in [-0.2, 0) is 30.8 Å². The predicted molar refractivity (Wildman–Crippen MR) is 146 cm³/mol. The van der Waals surface area contributed by atoms with E-state index in [2.05, 4.69) is 25.8 Å². The van der Waals surface area contributed by atoms with E-state index in [1.807, 2.05) is 0 Å². The van der Waals surface area contributed by atoms with Crippen LogP contribution in [0.5, 0.6) is 0 Å². The number of carbonyl (C=O) groups excluding carboxylic acids is 3. The van der Waals surface area contributed by atoms with E-state index in [9.17, 15) is 22.8 Å². The largest absolute Gasteiger partial charge is 0.462 e. The number of H-pyrrole nitrogens is 1. The van der Waals surface area contributed by atoms with Crippen LogP contribution in [0.2, 0.25) is 0 Å². The molecular weight excluding hydrogens is 536 g/mol. The molecule has 2 fully saturated rings. The summed E-state index contributed by atoms with van der Waals surface area (Å²) in [5, 5.41) is 0. The first kappa shape index (κ1) is 29.8. The predicted octanol–water partition coefficient (Wildman–Crippen LogP) is 4.62. The van der Waals surface area contributed by atoms with E-state index in [4.69, 9.17) is 14.2 Å². The van der Waals surface area contributed by atoms with Crippen molar-refractivity contribution in [3.63, 3.8) is 0 Å². The van der Waals surface area contributed by atoms with Crippen molar-refractivity contribution in [2.45, 2.75) is 78.3 Å². The van der Waals surface area contributed by atoms with Crippen molar-refractivity contribution in [2.75, 3.05) is 19.8 Å². The van der Waals surface area contributed by atoms with Crippen molar-refractivity contribution in [2.24, 2.45) is 10.8 Å². The number of fused-ring (bicyclic) bond motifs is 2. The van der Waals surface area contributed by atoms with Crippen LogP contribution in [0.25, 0.3) is 0 Å². The first-order valence-electron chi connectivity index (χ1n) is 13.6. The zero-order valence-corrected chi connectivity index (χ0v) is 24.8. The first-order chi connectivity index (χ1) is 18.7. The molecule has 1 saturated heterocycles. The molecule has 1 aromatic carbocycles. The van der Waals surface area contributed by atoms with Crippen LogP contribution in [0.3, 0.4) is 0 Å². The van der Waals surface area contributed by atoms with Gasteiger partial charge in [-0.2, -0.15) is 4.31 Å². The minimum absolute atomic E-state index is 0.0310. The number of nitrogens with one attached hydrogen (secondary N) is 1. The number of hydrogen-bond acceptors (Lipinski definition) is 8. The molecule has 11 heteroatoms. The van der Waals surface area contributed by atoms with Gasteiger partial charge in [0.15, 0.2) is 0 Å². The van der Waals surface area contributed by atoms with Gasteiger partial charge < -0.3 is 19.2 Å². The molecule has 218 valence electrons. The Labute approximate surface area is 235 Å². The van der Waals surface area contributed by atoms with Crippen molar-refractivity contribution >= 4 is 27.9 Å². The van der Waals surface area contributed by atoms with Gasteiger partial charge in [0.1, 0.15) is 12.3 Å². The van der Waals surface area contributed by atoms with E-state index in [1.54, 1.807) is 25.1 Å². The summed E-state index contributed by atoms with van der Waals surface area (Å²) in [5.41, 5.74) is 0.687. The zero-order valence-electron chi connectivity index (χ0n) is 24.0. The number of carbonyl (C=O) groups is 3. The minimum atomic E-state index is -3.84. The molecule has 0 radical (unpaired) electrons. The molecule has 40 heavy (non-hydrogen) atoms. The number of aromatic nitrogens is 1. The maximum atomic E-state index is 13.7. The van der Waals surface area contributed by atoms with Crippen LogP contribution in [-0.4, -0.2) is 61.4 Å². The lowest BCUT2D eigenvalue weighted by molar-refractivity contribution is 0.0445. The van der Waals surface area contributed by atoms with Gasteiger partial charge >= 0.3 is 17.9 Å². The number of esters is 3. The Morgan fingerprint density at radius 1 is 1.00 bits per heavy atom. The molecule has 2 atom stereocenters. The molecule has 0 spiro atoms. The van der Waals surface area contributed by atoms with E-state index in [1.165, 1.54) is 24.3 Å². The fraction of sp³-hybridized carbons (Fsp3) is 0.552. The molecule has 0 amide bonds. The number of rotatable bonds is 9. The summed E-state index contributed by atoms with van der Waals surface area (Å²) in [6, 6.07) is 5.72. The van der Waals surface area contributed by atoms with Gasteiger partial charge in [-0.15, -0.1) is 0 Å². The van der Waals surface area contributed by atoms with Gasteiger partial charge in [0.2, 0.25) is 10.0 Å². The highest BCUT2D eigenvalue weighted by Gasteiger charge is 2.53. The normalized spacial score (nSPS) is 22.1. The third-order valence-corrected chi connectivity index (χ3v) is 9.57. The van der Waals surface area contributed by atoms with E-state index in [0.29, 0.717) is 12.1 Å². The Bertz CT molecular complexity index is 1430. The number of benzene rings is 1. The smallest absolute Gasteiger partial charge is 0.355 e. The summed E-state index contributed by atoms with van der Waals surface area (Å²) < 4.78 is 44.6. The molecule has 1 aliphatic carbocycles. The van der Waals surface area contributed by atoms with Crippen molar-refractivity contribution in [3.8, 4) is 0 Å². The second-order valence-corrected chi connectivity index (χ2v) is 13.7. The molecule has 2 aliphatic rings. The molecule has 1 N–H and O–H groups in total. The number of nitrogens with zero attached hydrogens (tertiary/aromatic N) is 1. The average molecular weight is 575 g/mol. The zero-order chi connectivity index (χ0) is 29.5. The maximum absolute atomic E-state index is 13.7. The van der Waals surface area contributed by atoms with Crippen molar-refractivity contribution in [1.29, 1.82) is 0 Å². The Morgan fingerprint density at radius 2 is 1.68 bits per heavy atom. The Kier molecular flexibility index (Phi) is 8.20. The summed E-state index contributed by atoms with van der Waals surface area (Å²) in [6.07, 6.45) is 2.57. The number of sulfonamides is 1. The van der Waals surface area contributed by atoms with E-state index in [0.717, 1.165) is 19.3 Å². The van der Waals surface area contributed by atoms with Crippen molar-refractivity contribution in [1.82, 2.24) is 9.29 Å². The highest BCUT2D eigenvalue weighted by Crippen LogP contribution is 2.53. The summed E-state index contributed by atoms with van der Waals surface area (Å²) >= 11 is 0. The highest BCUT2D eigenvalue weighted by atomic mass is 32.2. The van der Waals surface area contributed by atoms with Gasteiger partial charge in [0, 0.05) is 12.6 Å². The van der Waals surface area contributed by atoms with E-state index >= 15 is 0 Å². The van der Waals surface area contributed by atoms with Crippen LogP contribution >= 0.6 is 0 Å². The minimum Gasteiger partial charge on any atom is -0.462 e. The summed E-state index contributed by atoms with van der Waals surface area (Å²) in [7, 11) is -3.84. The molecule has 4 rings (SSSR count). The lowest BCUT2D eigenvalue weighted by atomic mass is 9.65.